The van der Waals surface area contributed by atoms with Gasteiger partial charge in [0, 0.05) is 41.4 Å². The summed E-state index contributed by atoms with van der Waals surface area (Å²) in [6.45, 7) is 0.218. The first-order valence-corrected chi connectivity index (χ1v) is 13.6. The molecule has 0 bridgehead atoms. The topological polar surface area (TPSA) is 122 Å². The molecule has 2 aliphatic rings. The van der Waals surface area contributed by atoms with E-state index in [9.17, 15) is 31.9 Å². The van der Waals surface area contributed by atoms with Gasteiger partial charge >= 0.3 is 6.18 Å². The maximum atomic E-state index is 14.4. The van der Waals surface area contributed by atoms with Crippen molar-refractivity contribution in [3.05, 3.63) is 86.5 Å². The molecule has 14 heteroatoms. The summed E-state index contributed by atoms with van der Waals surface area (Å²) >= 11 is 6.18. The lowest BCUT2D eigenvalue weighted by atomic mass is 9.92. The number of hydrogen-bond acceptors (Lipinski definition) is 6. The summed E-state index contributed by atoms with van der Waals surface area (Å²) < 4.78 is 73.3. The number of alkyl halides is 3. The molecule has 1 fully saturated rings. The molecule has 0 radical (unpaired) electrons. The first kappa shape index (κ1) is 30.7. The minimum absolute atomic E-state index is 0.0162. The monoisotopic (exact) mass is 623 g/mol. The number of benzene rings is 2. The SMILES string of the molecule is NC(=O)c1ccc(NC(=O)[C@H](C[C@@H]2COCCO2)n2cc3c(cc2=O)-c2cc(Cl)ccc2CC(C(F)(F)F)OC3)cc1F. The summed E-state index contributed by atoms with van der Waals surface area (Å²) in [5, 5.41) is 2.80. The summed E-state index contributed by atoms with van der Waals surface area (Å²) in [5.41, 5.74) is 5.29. The third-order valence-corrected chi connectivity index (χ3v) is 7.48. The second-order valence-corrected chi connectivity index (χ2v) is 10.6. The van der Waals surface area contributed by atoms with Crippen LogP contribution in [-0.4, -0.2) is 54.6 Å². The maximum Gasteiger partial charge on any atom is 0.414 e. The molecule has 3 N–H and O–H groups in total. The van der Waals surface area contributed by atoms with E-state index < -0.39 is 60.6 Å². The lowest BCUT2D eigenvalue weighted by Gasteiger charge is -2.29. The average molecular weight is 624 g/mol. The molecule has 5 rings (SSSR count). The van der Waals surface area contributed by atoms with Crippen LogP contribution in [0.5, 0.6) is 0 Å². The Balaban J connectivity index is 1.56. The summed E-state index contributed by atoms with van der Waals surface area (Å²) in [6.07, 6.45) is -6.63. The van der Waals surface area contributed by atoms with E-state index in [0.29, 0.717) is 17.7 Å². The van der Waals surface area contributed by atoms with Gasteiger partial charge in [0.25, 0.3) is 11.5 Å². The average Bonchev–Trinajstić information content (AvgIpc) is 2.94. The fraction of sp³-hybridized carbons (Fsp3) is 0.345. The Morgan fingerprint density at radius 3 is 2.51 bits per heavy atom. The molecule has 9 nitrogen and oxygen atoms in total. The molecular formula is C29H26ClF4N3O6. The number of fused-ring (bicyclic) bond motifs is 3. The van der Waals surface area contributed by atoms with Gasteiger partial charge in [0.1, 0.15) is 11.9 Å². The summed E-state index contributed by atoms with van der Waals surface area (Å²) in [4.78, 5) is 38.6. The predicted octanol–water partition coefficient (Wildman–Crippen LogP) is 4.40. The summed E-state index contributed by atoms with van der Waals surface area (Å²) in [7, 11) is 0. The van der Waals surface area contributed by atoms with Crippen molar-refractivity contribution in [2.45, 2.75) is 43.9 Å². The minimum atomic E-state index is -4.66. The second kappa shape index (κ2) is 12.4. The zero-order valence-electron chi connectivity index (χ0n) is 22.5. The zero-order chi connectivity index (χ0) is 30.9. The van der Waals surface area contributed by atoms with Gasteiger partial charge in [0.2, 0.25) is 5.91 Å². The highest BCUT2D eigenvalue weighted by Crippen LogP contribution is 2.37. The molecule has 2 aromatic carbocycles. The van der Waals surface area contributed by atoms with Gasteiger partial charge in [-0.05, 0) is 47.0 Å². The minimum Gasteiger partial charge on any atom is -0.376 e. The van der Waals surface area contributed by atoms with E-state index >= 15 is 0 Å². The van der Waals surface area contributed by atoms with E-state index in [2.05, 4.69) is 5.32 Å². The van der Waals surface area contributed by atoms with Gasteiger partial charge in [-0.1, -0.05) is 17.7 Å². The molecule has 1 aromatic heterocycles. The number of nitrogens with two attached hydrogens (primary N) is 1. The van der Waals surface area contributed by atoms with E-state index in [4.69, 9.17) is 31.5 Å². The fourth-order valence-corrected chi connectivity index (χ4v) is 5.30. The number of nitrogens with one attached hydrogen (secondary N) is 1. The number of ether oxygens (including phenoxy) is 3. The maximum absolute atomic E-state index is 14.4. The van der Waals surface area contributed by atoms with Crippen molar-refractivity contribution in [2.75, 3.05) is 25.1 Å². The summed E-state index contributed by atoms with van der Waals surface area (Å²) in [6, 6.07) is 7.65. The van der Waals surface area contributed by atoms with E-state index in [1.165, 1.54) is 36.5 Å². The molecule has 2 aliphatic heterocycles. The fourth-order valence-electron chi connectivity index (χ4n) is 5.12. The van der Waals surface area contributed by atoms with E-state index in [1.807, 2.05) is 0 Å². The molecular weight excluding hydrogens is 598 g/mol. The van der Waals surface area contributed by atoms with Crippen LogP contribution in [-0.2, 0) is 32.0 Å². The van der Waals surface area contributed by atoms with Gasteiger partial charge < -0.3 is 29.8 Å². The normalized spacial score (nSPS) is 19.4. The highest BCUT2D eigenvalue weighted by atomic mass is 35.5. The molecule has 3 aromatic rings. The van der Waals surface area contributed by atoms with Crippen molar-refractivity contribution in [1.29, 1.82) is 0 Å². The lowest BCUT2D eigenvalue weighted by Crippen LogP contribution is -2.39. The van der Waals surface area contributed by atoms with Crippen LogP contribution in [0.2, 0.25) is 5.02 Å². The van der Waals surface area contributed by atoms with Crippen molar-refractivity contribution in [1.82, 2.24) is 4.57 Å². The number of carbonyl (C=O) groups is 2. The van der Waals surface area contributed by atoms with E-state index in [0.717, 1.165) is 16.7 Å². The molecule has 43 heavy (non-hydrogen) atoms. The molecule has 0 aliphatic carbocycles. The molecule has 3 atom stereocenters. The number of amides is 2. The molecule has 2 amide bonds. The number of pyridine rings is 1. The zero-order valence-corrected chi connectivity index (χ0v) is 23.2. The highest BCUT2D eigenvalue weighted by Gasteiger charge is 2.42. The Morgan fingerprint density at radius 1 is 1.07 bits per heavy atom. The van der Waals surface area contributed by atoms with Crippen molar-refractivity contribution in [3.63, 3.8) is 0 Å². The van der Waals surface area contributed by atoms with Gasteiger partial charge in [-0.25, -0.2) is 4.39 Å². The Morgan fingerprint density at radius 2 is 1.84 bits per heavy atom. The van der Waals surface area contributed by atoms with Crippen LogP contribution >= 0.6 is 11.6 Å². The highest BCUT2D eigenvalue weighted by molar-refractivity contribution is 6.30. The van der Waals surface area contributed by atoms with Gasteiger partial charge in [0.15, 0.2) is 6.10 Å². The number of nitrogens with zero attached hydrogens (tertiary/aromatic N) is 1. The third-order valence-electron chi connectivity index (χ3n) is 7.25. The molecule has 0 spiro atoms. The number of aromatic nitrogens is 1. The van der Waals surface area contributed by atoms with E-state index in [1.54, 1.807) is 0 Å². The van der Waals surface area contributed by atoms with Gasteiger partial charge in [-0.2, -0.15) is 13.2 Å². The molecule has 0 saturated carbocycles. The van der Waals surface area contributed by atoms with Gasteiger partial charge in [-0.3, -0.25) is 14.4 Å². The lowest BCUT2D eigenvalue weighted by molar-refractivity contribution is -0.223. The Kier molecular flexibility index (Phi) is 8.88. The summed E-state index contributed by atoms with van der Waals surface area (Å²) in [5.74, 6) is -2.70. The number of rotatable bonds is 6. The van der Waals surface area contributed by atoms with Crippen LogP contribution in [0.15, 0.2) is 53.5 Å². The molecule has 3 heterocycles. The van der Waals surface area contributed by atoms with E-state index in [-0.39, 0.29) is 47.0 Å². The van der Waals surface area contributed by atoms with Crippen LogP contribution in [0, 0.1) is 5.82 Å². The molecule has 1 saturated heterocycles. The molecule has 228 valence electrons. The van der Waals surface area contributed by atoms with Crippen molar-refractivity contribution >= 4 is 29.1 Å². The Bertz CT molecular complexity index is 1610. The van der Waals surface area contributed by atoms with Crippen LogP contribution in [0.4, 0.5) is 23.2 Å². The number of hydrogen-bond donors (Lipinski definition) is 2. The predicted molar refractivity (Wildman–Crippen MR) is 147 cm³/mol. The first-order valence-electron chi connectivity index (χ1n) is 13.2. The second-order valence-electron chi connectivity index (χ2n) is 10.2. The first-order chi connectivity index (χ1) is 20.4. The number of primary amides is 1. The molecule has 1 unspecified atom stereocenters. The number of anilines is 1. The number of halogens is 5. The van der Waals surface area contributed by atoms with Gasteiger partial charge in [-0.15, -0.1) is 0 Å². The number of carbonyl (C=O) groups excluding carboxylic acids is 2. The van der Waals surface area contributed by atoms with Crippen molar-refractivity contribution < 1.29 is 41.4 Å². The van der Waals surface area contributed by atoms with Crippen LogP contribution in [0.1, 0.15) is 33.9 Å². The Hall–Kier alpha value is -3.78. The quantitative estimate of drug-likeness (QED) is 0.393. The third kappa shape index (κ3) is 6.90. The standard InChI is InChI=1S/C29H26ClF4N3O6/c30-17-2-1-15-7-25(29(32,33)34)43-13-16-12-37(26(38)11-22(16)21(15)8-17)24(10-19-14-41-5-6-42-19)28(40)36-18-3-4-20(27(35)39)23(31)9-18/h1-4,8-9,11-12,19,24-25H,5-7,10,13-14H2,(H2,35,39)(H,36,40)/t19-,24+,25?/m1/s1. The Labute approximate surface area is 247 Å². The van der Waals surface area contributed by atoms with Gasteiger partial charge in [0.05, 0.1) is 38.1 Å². The van der Waals surface area contributed by atoms with Crippen LogP contribution in [0.3, 0.4) is 0 Å². The van der Waals surface area contributed by atoms with Crippen LogP contribution < -0.4 is 16.6 Å². The smallest absolute Gasteiger partial charge is 0.376 e. The van der Waals surface area contributed by atoms with Crippen molar-refractivity contribution in [2.24, 2.45) is 5.73 Å². The largest absolute Gasteiger partial charge is 0.414 e. The van der Waals surface area contributed by atoms with Crippen LogP contribution in [0.25, 0.3) is 11.1 Å². The van der Waals surface area contributed by atoms with Crippen molar-refractivity contribution in [3.8, 4) is 11.1 Å².